The molecule has 1 heterocycles. The molecule has 110 valence electrons. The van der Waals surface area contributed by atoms with Crippen molar-refractivity contribution < 1.29 is 9.53 Å². The number of nitrogens with zero attached hydrogens (tertiary/aromatic N) is 2. The van der Waals surface area contributed by atoms with Crippen LogP contribution in [0.15, 0.2) is 42.7 Å². The molecule has 0 fully saturated rings. The number of rotatable bonds is 6. The molecular weight excluding hydrogens is 268 g/mol. The van der Waals surface area contributed by atoms with E-state index in [2.05, 4.69) is 27.5 Å². The van der Waals surface area contributed by atoms with Gasteiger partial charge in [-0.05, 0) is 30.2 Å². The third-order valence-corrected chi connectivity index (χ3v) is 2.72. The number of anilines is 1. The van der Waals surface area contributed by atoms with Gasteiger partial charge < -0.3 is 10.1 Å². The molecule has 0 aliphatic carbocycles. The number of ether oxygens (including phenoxy) is 1. The summed E-state index contributed by atoms with van der Waals surface area (Å²) in [6.07, 6.45) is 5.27. The predicted octanol–water partition coefficient (Wildman–Crippen LogP) is 2.59. The normalized spacial score (nSPS) is 9.95. The summed E-state index contributed by atoms with van der Waals surface area (Å²) in [4.78, 5) is 19.3. The predicted molar refractivity (Wildman–Crippen MR) is 80.1 cm³/mol. The van der Waals surface area contributed by atoms with Crippen molar-refractivity contribution in [2.45, 2.75) is 19.8 Å². The molecule has 6 nitrogen and oxygen atoms in total. The number of carbonyl (C=O) groups is 1. The Morgan fingerprint density at radius 3 is 2.57 bits per heavy atom. The van der Waals surface area contributed by atoms with Gasteiger partial charge in [0.2, 0.25) is 5.95 Å². The van der Waals surface area contributed by atoms with Crippen LogP contribution in [0.4, 0.5) is 10.7 Å². The average molecular weight is 286 g/mol. The maximum absolute atomic E-state index is 11.6. The van der Waals surface area contributed by atoms with Crippen LogP contribution in [0.5, 0.6) is 5.75 Å². The molecule has 0 aliphatic rings. The van der Waals surface area contributed by atoms with E-state index in [1.54, 1.807) is 18.5 Å². The molecule has 0 saturated carbocycles. The van der Waals surface area contributed by atoms with Crippen LogP contribution in [0.1, 0.15) is 18.9 Å². The van der Waals surface area contributed by atoms with Gasteiger partial charge in [-0.2, -0.15) is 0 Å². The lowest BCUT2D eigenvalue weighted by molar-refractivity contribution is 0.234. The van der Waals surface area contributed by atoms with Crippen LogP contribution in [0, 0.1) is 0 Å². The summed E-state index contributed by atoms with van der Waals surface area (Å²) in [7, 11) is 0. The zero-order valence-electron chi connectivity index (χ0n) is 11.9. The molecule has 0 atom stereocenters. The van der Waals surface area contributed by atoms with Gasteiger partial charge in [-0.1, -0.05) is 25.5 Å². The summed E-state index contributed by atoms with van der Waals surface area (Å²) >= 11 is 0. The highest BCUT2D eigenvalue weighted by molar-refractivity contribution is 5.87. The fourth-order valence-electron chi connectivity index (χ4n) is 1.74. The van der Waals surface area contributed by atoms with Crippen LogP contribution >= 0.6 is 0 Å². The average Bonchev–Trinajstić information content (AvgIpc) is 2.50. The maximum atomic E-state index is 11.6. The van der Waals surface area contributed by atoms with Crippen molar-refractivity contribution >= 4 is 12.0 Å². The number of nitrogens with one attached hydrogen (secondary N) is 2. The second-order valence-electron chi connectivity index (χ2n) is 4.39. The van der Waals surface area contributed by atoms with Crippen LogP contribution in [-0.2, 0) is 6.42 Å². The highest BCUT2D eigenvalue weighted by Crippen LogP contribution is 2.12. The Morgan fingerprint density at radius 1 is 1.19 bits per heavy atom. The lowest BCUT2D eigenvalue weighted by Gasteiger charge is -2.09. The first-order valence-corrected chi connectivity index (χ1v) is 6.81. The fourth-order valence-corrected chi connectivity index (χ4v) is 1.74. The van der Waals surface area contributed by atoms with Gasteiger partial charge in [-0.15, -0.1) is 0 Å². The molecule has 0 aliphatic heterocycles. The molecule has 2 N–H and O–H groups in total. The van der Waals surface area contributed by atoms with Crippen LogP contribution in [0.25, 0.3) is 0 Å². The molecule has 0 saturated heterocycles. The number of benzene rings is 1. The second-order valence-corrected chi connectivity index (χ2v) is 4.39. The fraction of sp³-hybridized carbons (Fsp3) is 0.267. The topological polar surface area (TPSA) is 76.1 Å². The summed E-state index contributed by atoms with van der Waals surface area (Å²) in [5.74, 6) is 0.963. The Bertz CT molecular complexity index is 558. The van der Waals surface area contributed by atoms with Gasteiger partial charge >= 0.3 is 6.03 Å². The van der Waals surface area contributed by atoms with E-state index in [1.165, 1.54) is 5.56 Å². The first-order chi connectivity index (χ1) is 10.3. The Kier molecular flexibility index (Phi) is 5.51. The lowest BCUT2D eigenvalue weighted by Crippen LogP contribution is -2.32. The third kappa shape index (κ3) is 5.10. The van der Waals surface area contributed by atoms with Crippen molar-refractivity contribution in [3.05, 3.63) is 48.3 Å². The van der Waals surface area contributed by atoms with Crippen molar-refractivity contribution in [1.29, 1.82) is 0 Å². The zero-order valence-corrected chi connectivity index (χ0v) is 11.9. The van der Waals surface area contributed by atoms with E-state index in [4.69, 9.17) is 4.74 Å². The second kappa shape index (κ2) is 7.84. The van der Waals surface area contributed by atoms with E-state index < -0.39 is 6.03 Å². The van der Waals surface area contributed by atoms with E-state index in [0.29, 0.717) is 5.75 Å². The summed E-state index contributed by atoms with van der Waals surface area (Å²) in [5.41, 5.74) is 1.27. The Morgan fingerprint density at radius 2 is 1.90 bits per heavy atom. The van der Waals surface area contributed by atoms with Crippen LogP contribution in [0.3, 0.4) is 0 Å². The first kappa shape index (κ1) is 14.8. The molecule has 0 spiro atoms. The van der Waals surface area contributed by atoms with Gasteiger partial charge in [-0.3, -0.25) is 5.32 Å². The summed E-state index contributed by atoms with van der Waals surface area (Å²) in [6.45, 7) is 2.22. The molecule has 0 unspecified atom stereocenters. The van der Waals surface area contributed by atoms with Gasteiger partial charge in [0, 0.05) is 12.4 Å². The molecule has 0 radical (unpaired) electrons. The van der Waals surface area contributed by atoms with E-state index >= 15 is 0 Å². The number of carbonyl (C=O) groups excluding carboxylic acids is 1. The SMILES string of the molecule is CCCc1ccc(OCNC(=O)Nc2ncccn2)cc1. The molecule has 1 aromatic heterocycles. The highest BCUT2D eigenvalue weighted by Gasteiger charge is 2.02. The summed E-state index contributed by atoms with van der Waals surface area (Å²) < 4.78 is 5.43. The molecule has 6 heteroatoms. The molecule has 2 amide bonds. The molecule has 0 bridgehead atoms. The zero-order chi connectivity index (χ0) is 14.9. The molecule has 21 heavy (non-hydrogen) atoms. The van der Waals surface area contributed by atoms with Gasteiger partial charge in [0.05, 0.1) is 0 Å². The van der Waals surface area contributed by atoms with E-state index in [-0.39, 0.29) is 12.7 Å². The number of hydrogen-bond donors (Lipinski definition) is 2. The van der Waals surface area contributed by atoms with Gasteiger partial charge in [0.1, 0.15) is 5.75 Å². The highest BCUT2D eigenvalue weighted by atomic mass is 16.5. The molecular formula is C15H18N4O2. The minimum atomic E-state index is -0.413. The Hall–Kier alpha value is -2.63. The minimum absolute atomic E-state index is 0.0752. The van der Waals surface area contributed by atoms with Gasteiger partial charge in [-0.25, -0.2) is 14.8 Å². The lowest BCUT2D eigenvalue weighted by atomic mass is 10.1. The number of urea groups is 1. The number of aromatic nitrogens is 2. The van der Waals surface area contributed by atoms with Crippen molar-refractivity contribution in [2.24, 2.45) is 0 Å². The van der Waals surface area contributed by atoms with Crippen molar-refractivity contribution in [3.63, 3.8) is 0 Å². The van der Waals surface area contributed by atoms with Crippen molar-refractivity contribution in [2.75, 3.05) is 12.0 Å². The van der Waals surface area contributed by atoms with E-state index in [9.17, 15) is 4.79 Å². The Labute approximate surface area is 123 Å². The maximum Gasteiger partial charge on any atom is 0.324 e. The molecule has 2 rings (SSSR count). The van der Waals surface area contributed by atoms with E-state index in [1.807, 2.05) is 24.3 Å². The first-order valence-electron chi connectivity index (χ1n) is 6.81. The Balaban J connectivity index is 1.72. The smallest absolute Gasteiger partial charge is 0.324 e. The van der Waals surface area contributed by atoms with Crippen LogP contribution in [-0.4, -0.2) is 22.7 Å². The quantitative estimate of drug-likeness (QED) is 0.800. The van der Waals surface area contributed by atoms with Gasteiger partial charge in [0.15, 0.2) is 6.73 Å². The van der Waals surface area contributed by atoms with Crippen molar-refractivity contribution in [3.8, 4) is 5.75 Å². The van der Waals surface area contributed by atoms with E-state index in [0.717, 1.165) is 12.8 Å². The van der Waals surface area contributed by atoms with Crippen LogP contribution < -0.4 is 15.4 Å². The summed E-state index contributed by atoms with van der Waals surface area (Å²) in [5, 5.41) is 5.07. The number of hydrogen-bond acceptors (Lipinski definition) is 4. The minimum Gasteiger partial charge on any atom is -0.473 e. The molecule has 2 aromatic rings. The van der Waals surface area contributed by atoms with Crippen LogP contribution in [0.2, 0.25) is 0 Å². The largest absolute Gasteiger partial charge is 0.473 e. The molecule has 1 aromatic carbocycles. The van der Waals surface area contributed by atoms with Crippen molar-refractivity contribution in [1.82, 2.24) is 15.3 Å². The number of amides is 2. The third-order valence-electron chi connectivity index (χ3n) is 2.72. The number of aryl methyl sites for hydroxylation is 1. The summed E-state index contributed by atoms with van der Waals surface area (Å²) in [6, 6.07) is 9.10. The standard InChI is InChI=1S/C15H18N4O2/c1-2-4-12-5-7-13(8-6-12)21-11-18-15(20)19-14-16-9-3-10-17-14/h3,5-10H,2,4,11H2,1H3,(H2,16,17,18,19,20). The van der Waals surface area contributed by atoms with Gasteiger partial charge in [0.25, 0.3) is 0 Å². The monoisotopic (exact) mass is 286 g/mol.